The second-order valence-electron chi connectivity index (χ2n) is 5.21. The molecule has 0 aliphatic heterocycles. The van der Waals surface area contributed by atoms with Crippen LogP contribution in [-0.2, 0) is 11.2 Å². The quantitative estimate of drug-likeness (QED) is 0.768. The van der Waals surface area contributed by atoms with E-state index < -0.39 is 0 Å². The molecule has 1 heterocycles. The number of carbonyl (C=O) groups is 1. The van der Waals surface area contributed by atoms with Crippen LogP contribution in [0.15, 0.2) is 34.9 Å². The topological polar surface area (TPSA) is 46.3 Å². The zero-order valence-corrected chi connectivity index (χ0v) is 13.8. The van der Waals surface area contributed by atoms with Gasteiger partial charge in [-0.3, -0.25) is 4.79 Å². The summed E-state index contributed by atoms with van der Waals surface area (Å²) in [4.78, 5) is 18.6. The Labute approximate surface area is 136 Å². The van der Waals surface area contributed by atoms with Gasteiger partial charge in [0.1, 0.15) is 6.26 Å². The first-order valence-corrected chi connectivity index (χ1v) is 8.00. The van der Waals surface area contributed by atoms with Crippen molar-refractivity contribution in [3.8, 4) is 11.5 Å². The molecule has 0 unspecified atom stereocenters. The summed E-state index contributed by atoms with van der Waals surface area (Å²) in [6.07, 6.45) is 3.75. The summed E-state index contributed by atoms with van der Waals surface area (Å²) in [5.41, 5.74) is 1.51. The predicted molar refractivity (Wildman–Crippen MR) is 87.8 cm³/mol. The second-order valence-corrected chi connectivity index (χ2v) is 5.64. The van der Waals surface area contributed by atoms with E-state index in [-0.39, 0.29) is 12.3 Å². The van der Waals surface area contributed by atoms with Crippen molar-refractivity contribution in [3.63, 3.8) is 0 Å². The molecule has 0 N–H and O–H groups in total. The van der Waals surface area contributed by atoms with Gasteiger partial charge >= 0.3 is 0 Å². The summed E-state index contributed by atoms with van der Waals surface area (Å²) < 4.78 is 5.47. The lowest BCUT2D eigenvalue weighted by atomic mass is 10.2. The molecule has 0 saturated heterocycles. The van der Waals surface area contributed by atoms with E-state index in [1.165, 1.54) is 0 Å². The van der Waals surface area contributed by atoms with Crippen molar-refractivity contribution in [1.82, 2.24) is 9.88 Å². The number of hydrogen-bond donors (Lipinski definition) is 0. The van der Waals surface area contributed by atoms with Crippen LogP contribution in [0.25, 0.3) is 11.5 Å². The molecule has 1 aromatic heterocycles. The fraction of sp³-hybridized carbons (Fsp3) is 0.412. The van der Waals surface area contributed by atoms with Crippen molar-refractivity contribution >= 4 is 17.5 Å². The lowest BCUT2D eigenvalue weighted by Gasteiger charge is -2.20. The minimum Gasteiger partial charge on any atom is -0.444 e. The van der Waals surface area contributed by atoms with E-state index >= 15 is 0 Å². The molecule has 0 aliphatic rings. The van der Waals surface area contributed by atoms with Crippen LogP contribution in [0.3, 0.4) is 0 Å². The second kappa shape index (κ2) is 7.99. The van der Waals surface area contributed by atoms with E-state index in [1.54, 1.807) is 18.4 Å². The third-order valence-electron chi connectivity index (χ3n) is 3.32. The number of benzene rings is 1. The van der Waals surface area contributed by atoms with E-state index in [9.17, 15) is 4.79 Å². The Morgan fingerprint density at radius 3 is 2.41 bits per heavy atom. The molecule has 118 valence electrons. The monoisotopic (exact) mass is 320 g/mol. The van der Waals surface area contributed by atoms with Gasteiger partial charge in [0.25, 0.3) is 0 Å². The summed E-state index contributed by atoms with van der Waals surface area (Å²) in [5.74, 6) is 0.608. The molecule has 0 spiro atoms. The molecule has 22 heavy (non-hydrogen) atoms. The molecule has 1 aromatic carbocycles. The van der Waals surface area contributed by atoms with Crippen molar-refractivity contribution in [2.45, 2.75) is 33.1 Å². The zero-order valence-electron chi connectivity index (χ0n) is 13.0. The summed E-state index contributed by atoms with van der Waals surface area (Å²) in [5, 5.41) is 0.667. The summed E-state index contributed by atoms with van der Waals surface area (Å²) in [6.45, 7) is 5.72. The van der Waals surface area contributed by atoms with E-state index in [4.69, 9.17) is 16.0 Å². The molecule has 0 aliphatic carbocycles. The van der Waals surface area contributed by atoms with Gasteiger partial charge in [-0.2, -0.15) is 0 Å². The number of halogens is 1. The van der Waals surface area contributed by atoms with E-state index in [1.807, 2.05) is 17.0 Å². The Kier molecular flexibility index (Phi) is 6.01. The SMILES string of the molecule is CCCN(CCC)C(=O)Cc1coc(-c2ccc(Cl)cc2)n1. The molecule has 2 rings (SSSR count). The summed E-state index contributed by atoms with van der Waals surface area (Å²) in [6, 6.07) is 7.27. The van der Waals surface area contributed by atoms with Crippen molar-refractivity contribution in [3.05, 3.63) is 41.2 Å². The molecule has 4 nitrogen and oxygen atoms in total. The van der Waals surface area contributed by atoms with Crippen LogP contribution in [0, 0.1) is 0 Å². The minimum absolute atomic E-state index is 0.0969. The number of hydrogen-bond acceptors (Lipinski definition) is 3. The highest BCUT2D eigenvalue weighted by molar-refractivity contribution is 6.30. The molecule has 0 atom stereocenters. The van der Waals surface area contributed by atoms with Gasteiger partial charge in [0.05, 0.1) is 12.1 Å². The van der Waals surface area contributed by atoms with Gasteiger partial charge in [-0.15, -0.1) is 0 Å². The molecule has 2 aromatic rings. The Bertz CT molecular complexity index is 601. The Morgan fingerprint density at radius 2 is 1.82 bits per heavy atom. The van der Waals surface area contributed by atoms with Crippen LogP contribution in [0.1, 0.15) is 32.4 Å². The average Bonchev–Trinajstić information content (AvgIpc) is 2.96. The van der Waals surface area contributed by atoms with Crippen molar-refractivity contribution in [2.75, 3.05) is 13.1 Å². The van der Waals surface area contributed by atoms with Gasteiger partial charge in [0, 0.05) is 23.7 Å². The Morgan fingerprint density at radius 1 is 1.18 bits per heavy atom. The highest BCUT2D eigenvalue weighted by Crippen LogP contribution is 2.21. The molecular weight excluding hydrogens is 300 g/mol. The lowest BCUT2D eigenvalue weighted by Crippen LogP contribution is -2.33. The van der Waals surface area contributed by atoms with E-state index in [0.717, 1.165) is 31.5 Å². The normalized spacial score (nSPS) is 10.7. The first kappa shape index (κ1) is 16.6. The third-order valence-corrected chi connectivity index (χ3v) is 3.57. The fourth-order valence-corrected chi connectivity index (χ4v) is 2.41. The van der Waals surface area contributed by atoms with Crippen LogP contribution < -0.4 is 0 Å². The maximum Gasteiger partial charge on any atom is 0.228 e. The summed E-state index contributed by atoms with van der Waals surface area (Å²) >= 11 is 5.87. The first-order valence-electron chi connectivity index (χ1n) is 7.62. The standard InChI is InChI=1S/C17H21ClN2O2/c1-3-9-20(10-4-2)16(21)11-15-12-22-17(19-15)13-5-7-14(18)8-6-13/h5-8,12H,3-4,9-11H2,1-2H3. The van der Waals surface area contributed by atoms with E-state index in [2.05, 4.69) is 18.8 Å². The number of nitrogens with zero attached hydrogens (tertiary/aromatic N) is 2. The molecule has 5 heteroatoms. The van der Waals surface area contributed by atoms with Gasteiger partial charge in [-0.1, -0.05) is 25.4 Å². The van der Waals surface area contributed by atoms with Gasteiger partial charge in [0.15, 0.2) is 0 Å². The van der Waals surface area contributed by atoms with Crippen molar-refractivity contribution < 1.29 is 9.21 Å². The van der Waals surface area contributed by atoms with Crippen LogP contribution in [-0.4, -0.2) is 28.9 Å². The molecule has 0 fully saturated rings. The number of carbonyl (C=O) groups excluding carboxylic acids is 1. The highest BCUT2D eigenvalue weighted by Gasteiger charge is 2.15. The molecule has 1 amide bonds. The van der Waals surface area contributed by atoms with Crippen molar-refractivity contribution in [2.24, 2.45) is 0 Å². The highest BCUT2D eigenvalue weighted by atomic mass is 35.5. The fourth-order valence-electron chi connectivity index (χ4n) is 2.28. The van der Waals surface area contributed by atoms with Crippen LogP contribution in [0.2, 0.25) is 5.02 Å². The van der Waals surface area contributed by atoms with E-state index in [0.29, 0.717) is 16.6 Å². The Hall–Kier alpha value is -1.81. The first-order chi connectivity index (χ1) is 10.6. The van der Waals surface area contributed by atoms with Gasteiger partial charge in [-0.05, 0) is 37.1 Å². The number of amides is 1. The predicted octanol–water partition coefficient (Wildman–Crippen LogP) is 4.19. The van der Waals surface area contributed by atoms with Crippen molar-refractivity contribution in [1.29, 1.82) is 0 Å². The largest absolute Gasteiger partial charge is 0.444 e. The molecule has 0 bridgehead atoms. The van der Waals surface area contributed by atoms with Gasteiger partial charge < -0.3 is 9.32 Å². The molecule has 0 radical (unpaired) electrons. The minimum atomic E-state index is 0.0969. The number of rotatable bonds is 7. The number of aromatic nitrogens is 1. The average molecular weight is 321 g/mol. The Balaban J connectivity index is 2.05. The lowest BCUT2D eigenvalue weighted by molar-refractivity contribution is -0.130. The maximum atomic E-state index is 12.3. The van der Waals surface area contributed by atoms with Gasteiger partial charge in [0.2, 0.25) is 11.8 Å². The molecular formula is C17H21ClN2O2. The van der Waals surface area contributed by atoms with Crippen LogP contribution in [0.5, 0.6) is 0 Å². The zero-order chi connectivity index (χ0) is 15.9. The van der Waals surface area contributed by atoms with Crippen LogP contribution in [0.4, 0.5) is 0 Å². The smallest absolute Gasteiger partial charge is 0.228 e. The summed E-state index contributed by atoms with van der Waals surface area (Å²) in [7, 11) is 0. The van der Waals surface area contributed by atoms with Gasteiger partial charge in [-0.25, -0.2) is 4.98 Å². The number of oxazole rings is 1. The molecule has 0 saturated carbocycles. The maximum absolute atomic E-state index is 12.3. The van der Waals surface area contributed by atoms with Crippen LogP contribution >= 0.6 is 11.6 Å². The third kappa shape index (κ3) is 4.34.